The molecule has 0 saturated carbocycles. The van der Waals surface area contributed by atoms with Crippen molar-refractivity contribution in [3.8, 4) is 0 Å². The lowest BCUT2D eigenvalue weighted by Gasteiger charge is -2.08. The van der Waals surface area contributed by atoms with Crippen molar-refractivity contribution in [1.82, 2.24) is 24.7 Å². The Balaban J connectivity index is 1.58. The van der Waals surface area contributed by atoms with Crippen LogP contribution in [0, 0.1) is 0 Å². The second-order valence-corrected chi connectivity index (χ2v) is 7.39. The minimum absolute atomic E-state index is 0.318. The predicted molar refractivity (Wildman–Crippen MR) is 101 cm³/mol. The predicted octanol–water partition coefficient (Wildman–Crippen LogP) is 2.81. The smallest absolute Gasteiger partial charge is 0.259 e. The number of nitrogens with two attached hydrogens (primary N) is 1. The highest BCUT2D eigenvalue weighted by molar-refractivity contribution is 7.99. The lowest BCUT2D eigenvalue weighted by molar-refractivity contribution is 0.102. The lowest BCUT2D eigenvalue weighted by Crippen LogP contribution is -2.14. The molecule has 0 atom stereocenters. The van der Waals surface area contributed by atoms with Crippen LogP contribution in [-0.2, 0) is 7.05 Å². The van der Waals surface area contributed by atoms with E-state index >= 15 is 0 Å². The molecule has 0 bridgehead atoms. The number of hydrogen-bond acceptors (Lipinski definition) is 8. The molecular formula is C16H13N7OS2. The number of anilines is 2. The summed E-state index contributed by atoms with van der Waals surface area (Å²) < 4.78 is 1.80. The fourth-order valence-corrected chi connectivity index (χ4v) is 3.86. The van der Waals surface area contributed by atoms with Crippen LogP contribution in [0.15, 0.2) is 52.9 Å². The van der Waals surface area contributed by atoms with Crippen molar-refractivity contribution in [2.45, 2.75) is 10.1 Å². The first kappa shape index (κ1) is 16.5. The zero-order chi connectivity index (χ0) is 18.1. The Kier molecular flexibility index (Phi) is 4.27. The van der Waals surface area contributed by atoms with Gasteiger partial charge in [0.15, 0.2) is 10.3 Å². The molecule has 1 aromatic carbocycles. The number of hydrogen-bond donors (Lipinski definition) is 2. The van der Waals surface area contributed by atoms with Crippen molar-refractivity contribution >= 4 is 50.2 Å². The lowest BCUT2D eigenvalue weighted by atomic mass is 10.1. The Bertz CT molecular complexity index is 1070. The quantitative estimate of drug-likeness (QED) is 0.521. The molecule has 0 saturated heterocycles. The van der Waals surface area contributed by atoms with Gasteiger partial charge in [-0.15, -0.1) is 10.2 Å². The molecule has 10 heteroatoms. The molecule has 0 aliphatic heterocycles. The number of carbonyl (C=O) groups is 1. The van der Waals surface area contributed by atoms with Gasteiger partial charge in [0.05, 0.1) is 5.56 Å². The minimum Gasteiger partial charge on any atom is -0.398 e. The Hall–Kier alpha value is -2.98. The number of pyridine rings is 1. The third-order valence-electron chi connectivity index (χ3n) is 3.54. The average molecular weight is 383 g/mol. The molecule has 130 valence electrons. The Morgan fingerprint density at radius 1 is 1.35 bits per heavy atom. The highest BCUT2D eigenvalue weighted by atomic mass is 32.2. The highest BCUT2D eigenvalue weighted by Gasteiger charge is 2.15. The monoisotopic (exact) mass is 383 g/mol. The topological polar surface area (TPSA) is 112 Å². The third-order valence-corrected chi connectivity index (χ3v) is 5.47. The van der Waals surface area contributed by atoms with Gasteiger partial charge >= 0.3 is 0 Å². The van der Waals surface area contributed by atoms with Gasteiger partial charge < -0.3 is 10.3 Å². The Labute approximate surface area is 156 Å². The Morgan fingerprint density at radius 2 is 2.23 bits per heavy atom. The van der Waals surface area contributed by atoms with Gasteiger partial charge in [-0.1, -0.05) is 11.3 Å². The summed E-state index contributed by atoms with van der Waals surface area (Å²) in [6.07, 6.45) is 3.31. The molecule has 0 spiro atoms. The minimum atomic E-state index is -0.318. The Morgan fingerprint density at radius 3 is 3.00 bits per heavy atom. The average Bonchev–Trinajstić information content (AvgIpc) is 3.22. The van der Waals surface area contributed by atoms with Crippen molar-refractivity contribution in [3.63, 3.8) is 0 Å². The summed E-state index contributed by atoms with van der Waals surface area (Å²) in [6.45, 7) is 0. The summed E-state index contributed by atoms with van der Waals surface area (Å²) in [4.78, 5) is 22.8. The molecular weight excluding hydrogens is 370 g/mol. The maximum absolute atomic E-state index is 12.6. The van der Waals surface area contributed by atoms with Crippen LogP contribution in [0.3, 0.4) is 0 Å². The molecule has 3 heterocycles. The van der Waals surface area contributed by atoms with Crippen molar-refractivity contribution in [2.75, 3.05) is 11.1 Å². The van der Waals surface area contributed by atoms with Gasteiger partial charge in [0.1, 0.15) is 16.7 Å². The number of carbonyl (C=O) groups excluding carboxylic acids is 1. The number of fused-ring (bicyclic) bond motifs is 1. The van der Waals surface area contributed by atoms with Crippen LogP contribution < -0.4 is 11.1 Å². The molecule has 4 rings (SSSR count). The van der Waals surface area contributed by atoms with E-state index in [-0.39, 0.29) is 5.91 Å². The number of thiazole rings is 1. The van der Waals surface area contributed by atoms with Crippen LogP contribution in [0.1, 0.15) is 10.4 Å². The number of rotatable bonds is 4. The first-order valence-electron chi connectivity index (χ1n) is 7.54. The van der Waals surface area contributed by atoms with Gasteiger partial charge in [0.25, 0.3) is 5.91 Å². The summed E-state index contributed by atoms with van der Waals surface area (Å²) in [5, 5.41) is 11.9. The number of amides is 1. The molecule has 0 unspecified atom stereocenters. The summed E-state index contributed by atoms with van der Waals surface area (Å²) in [7, 11) is 1.86. The molecule has 0 radical (unpaired) electrons. The number of aromatic nitrogens is 5. The second kappa shape index (κ2) is 6.73. The zero-order valence-corrected chi connectivity index (χ0v) is 15.2. The van der Waals surface area contributed by atoms with Crippen LogP contribution >= 0.6 is 23.1 Å². The van der Waals surface area contributed by atoms with Crippen LogP contribution in [0.5, 0.6) is 0 Å². The van der Waals surface area contributed by atoms with Crippen molar-refractivity contribution in [3.05, 3.63) is 48.4 Å². The molecule has 26 heavy (non-hydrogen) atoms. The fraction of sp³-hybridized carbons (Fsp3) is 0.0625. The maximum atomic E-state index is 12.6. The third kappa shape index (κ3) is 3.24. The number of nitrogens with zero attached hydrogens (tertiary/aromatic N) is 5. The molecule has 0 fully saturated rings. The largest absolute Gasteiger partial charge is 0.398 e. The van der Waals surface area contributed by atoms with Crippen LogP contribution in [0.25, 0.3) is 10.3 Å². The molecule has 1 amide bonds. The number of nitrogens with one attached hydrogen (secondary N) is 1. The summed E-state index contributed by atoms with van der Waals surface area (Å²) in [5.74, 6) is -0.318. The van der Waals surface area contributed by atoms with E-state index in [2.05, 4.69) is 25.5 Å². The second-order valence-electron chi connectivity index (χ2n) is 5.38. The number of aryl methyl sites for hydroxylation is 1. The molecule has 3 aromatic heterocycles. The fourth-order valence-electron chi connectivity index (χ4n) is 2.25. The van der Waals surface area contributed by atoms with E-state index in [1.165, 1.54) is 23.1 Å². The van der Waals surface area contributed by atoms with Gasteiger partial charge in [0.2, 0.25) is 0 Å². The zero-order valence-electron chi connectivity index (χ0n) is 13.6. The number of benzene rings is 1. The SMILES string of the molecule is Cn1cnnc1Sc1ccc(N)c(C(=O)Nc2nc3cccnc3s2)c1. The number of nitrogen functional groups attached to an aromatic ring is 1. The van der Waals surface area contributed by atoms with E-state index < -0.39 is 0 Å². The normalized spacial score (nSPS) is 11.0. The van der Waals surface area contributed by atoms with Crippen LogP contribution in [-0.4, -0.2) is 30.6 Å². The van der Waals surface area contributed by atoms with Gasteiger partial charge in [-0.25, -0.2) is 9.97 Å². The highest BCUT2D eigenvalue weighted by Crippen LogP contribution is 2.29. The van der Waals surface area contributed by atoms with E-state index in [0.29, 0.717) is 16.4 Å². The van der Waals surface area contributed by atoms with E-state index in [9.17, 15) is 4.79 Å². The molecule has 8 nitrogen and oxygen atoms in total. The molecule has 3 N–H and O–H groups in total. The van der Waals surface area contributed by atoms with E-state index in [1.54, 1.807) is 35.3 Å². The molecule has 0 aliphatic carbocycles. The van der Waals surface area contributed by atoms with Gasteiger partial charge in [0, 0.05) is 23.8 Å². The van der Waals surface area contributed by atoms with Crippen LogP contribution in [0.2, 0.25) is 0 Å². The van der Waals surface area contributed by atoms with Crippen molar-refractivity contribution in [2.24, 2.45) is 7.05 Å². The van der Waals surface area contributed by atoms with Gasteiger partial charge in [-0.05, 0) is 42.1 Å². The van der Waals surface area contributed by atoms with E-state index in [4.69, 9.17) is 5.73 Å². The first-order chi connectivity index (χ1) is 12.6. The summed E-state index contributed by atoms with van der Waals surface area (Å²) in [5.41, 5.74) is 7.50. The van der Waals surface area contributed by atoms with Crippen molar-refractivity contribution < 1.29 is 4.79 Å². The first-order valence-corrected chi connectivity index (χ1v) is 9.18. The summed E-state index contributed by atoms with van der Waals surface area (Å²) >= 11 is 2.72. The molecule has 0 aliphatic rings. The van der Waals surface area contributed by atoms with Gasteiger partial charge in [-0.3, -0.25) is 10.1 Å². The van der Waals surface area contributed by atoms with Gasteiger partial charge in [-0.2, -0.15) is 0 Å². The molecule has 4 aromatic rings. The summed E-state index contributed by atoms with van der Waals surface area (Å²) in [6, 6.07) is 8.93. The van der Waals surface area contributed by atoms with Crippen molar-refractivity contribution in [1.29, 1.82) is 0 Å². The maximum Gasteiger partial charge on any atom is 0.259 e. The van der Waals surface area contributed by atoms with E-state index in [1.807, 2.05) is 19.2 Å². The van der Waals surface area contributed by atoms with E-state index in [0.717, 1.165) is 20.4 Å². The van der Waals surface area contributed by atoms with Crippen LogP contribution in [0.4, 0.5) is 10.8 Å². The standard InChI is InChI=1S/C16H13N7OS2/c1-23-8-19-22-16(23)25-9-4-5-11(17)10(7-9)13(24)21-15-20-12-3-2-6-18-14(12)26-15/h2-8H,17H2,1H3,(H,20,21,24).